The Hall–Kier alpha value is -1.59. The largest absolute Gasteiger partial charge is 0.481 e. The maximum absolute atomic E-state index is 12.1. The van der Waals surface area contributed by atoms with E-state index in [0.717, 1.165) is 12.8 Å². The number of carboxylic acid groups (broad SMARTS) is 1. The summed E-state index contributed by atoms with van der Waals surface area (Å²) in [5.74, 6) is -1.34. The lowest BCUT2D eigenvalue weighted by Gasteiger charge is -2.26. The Balaban J connectivity index is 2.44. The number of ether oxygens (including phenoxy) is 1. The maximum atomic E-state index is 12.1. The molecule has 1 fully saturated rings. The van der Waals surface area contributed by atoms with Crippen molar-refractivity contribution < 1.29 is 24.2 Å². The highest BCUT2D eigenvalue weighted by Gasteiger charge is 2.43. The van der Waals surface area contributed by atoms with Gasteiger partial charge in [0.25, 0.3) is 0 Å². The van der Waals surface area contributed by atoms with E-state index in [0.29, 0.717) is 25.8 Å². The quantitative estimate of drug-likeness (QED) is 0.715. The molecule has 20 heavy (non-hydrogen) atoms. The van der Waals surface area contributed by atoms with Crippen molar-refractivity contribution in [1.82, 2.24) is 4.90 Å². The number of esters is 1. The lowest BCUT2D eigenvalue weighted by Crippen LogP contribution is -2.37. The lowest BCUT2D eigenvalue weighted by molar-refractivity contribution is -0.153. The SMILES string of the molecule is COC(=O)CCCN(C)C(=O)CC1(C(=O)O)CCCC1. The lowest BCUT2D eigenvalue weighted by atomic mass is 9.82. The van der Waals surface area contributed by atoms with Crippen LogP contribution in [-0.4, -0.2) is 48.6 Å². The summed E-state index contributed by atoms with van der Waals surface area (Å²) in [7, 11) is 2.97. The zero-order chi connectivity index (χ0) is 15.2. The van der Waals surface area contributed by atoms with E-state index in [1.54, 1.807) is 7.05 Å². The number of carbonyl (C=O) groups is 3. The zero-order valence-corrected chi connectivity index (χ0v) is 12.2. The summed E-state index contributed by atoms with van der Waals surface area (Å²) in [5, 5.41) is 9.34. The fourth-order valence-electron chi connectivity index (χ4n) is 2.63. The maximum Gasteiger partial charge on any atom is 0.310 e. The summed E-state index contributed by atoms with van der Waals surface area (Å²) < 4.78 is 4.53. The summed E-state index contributed by atoms with van der Waals surface area (Å²) in [6.07, 6.45) is 3.72. The Morgan fingerprint density at radius 1 is 1.25 bits per heavy atom. The second-order valence-electron chi connectivity index (χ2n) is 5.46. The van der Waals surface area contributed by atoms with Gasteiger partial charge in [-0.3, -0.25) is 14.4 Å². The van der Waals surface area contributed by atoms with E-state index in [-0.39, 0.29) is 24.7 Å². The Labute approximate surface area is 119 Å². The number of hydrogen-bond acceptors (Lipinski definition) is 4. The monoisotopic (exact) mass is 285 g/mol. The average Bonchev–Trinajstić information content (AvgIpc) is 2.88. The van der Waals surface area contributed by atoms with E-state index in [2.05, 4.69) is 4.74 Å². The molecule has 6 nitrogen and oxygen atoms in total. The molecule has 0 aromatic heterocycles. The van der Waals surface area contributed by atoms with E-state index in [1.165, 1.54) is 12.0 Å². The fraction of sp³-hybridized carbons (Fsp3) is 0.786. The molecule has 114 valence electrons. The normalized spacial score (nSPS) is 16.7. The molecule has 0 aromatic rings. The summed E-state index contributed by atoms with van der Waals surface area (Å²) in [4.78, 5) is 36.0. The van der Waals surface area contributed by atoms with Gasteiger partial charge in [-0.05, 0) is 19.3 Å². The van der Waals surface area contributed by atoms with Crippen molar-refractivity contribution in [2.45, 2.75) is 44.9 Å². The summed E-state index contributed by atoms with van der Waals surface area (Å²) in [5.41, 5.74) is -0.881. The third-order valence-electron chi connectivity index (χ3n) is 4.03. The standard InChI is InChI=1S/C14H23NO5/c1-15(9-5-6-12(17)20-2)11(16)10-14(13(18)19)7-3-4-8-14/h3-10H2,1-2H3,(H,18,19). The number of amides is 1. The van der Waals surface area contributed by atoms with Gasteiger partial charge >= 0.3 is 11.9 Å². The molecule has 0 bridgehead atoms. The molecule has 1 amide bonds. The van der Waals surface area contributed by atoms with Gasteiger partial charge in [0.1, 0.15) is 0 Å². The summed E-state index contributed by atoms with van der Waals surface area (Å²) in [6.45, 7) is 0.434. The van der Waals surface area contributed by atoms with Crippen molar-refractivity contribution >= 4 is 17.8 Å². The van der Waals surface area contributed by atoms with Crippen molar-refractivity contribution in [2.24, 2.45) is 5.41 Å². The molecular formula is C14H23NO5. The van der Waals surface area contributed by atoms with Crippen LogP contribution < -0.4 is 0 Å². The van der Waals surface area contributed by atoms with Crippen LogP contribution in [0.2, 0.25) is 0 Å². The highest BCUT2D eigenvalue weighted by molar-refractivity contribution is 5.85. The highest BCUT2D eigenvalue weighted by Crippen LogP contribution is 2.41. The summed E-state index contributed by atoms with van der Waals surface area (Å²) >= 11 is 0. The minimum Gasteiger partial charge on any atom is -0.481 e. The van der Waals surface area contributed by atoms with Crippen molar-refractivity contribution in [3.63, 3.8) is 0 Å². The molecule has 1 aliphatic carbocycles. The molecule has 0 radical (unpaired) electrons. The molecule has 0 aliphatic heterocycles. The van der Waals surface area contributed by atoms with Crippen molar-refractivity contribution in [3.8, 4) is 0 Å². The molecule has 1 saturated carbocycles. The minimum atomic E-state index is -0.881. The van der Waals surface area contributed by atoms with Gasteiger partial charge in [-0.15, -0.1) is 0 Å². The van der Waals surface area contributed by atoms with Crippen LogP contribution in [0, 0.1) is 5.41 Å². The van der Waals surface area contributed by atoms with Crippen LogP contribution in [0.4, 0.5) is 0 Å². The molecule has 0 atom stereocenters. The van der Waals surface area contributed by atoms with Crippen molar-refractivity contribution in [3.05, 3.63) is 0 Å². The number of hydrogen-bond donors (Lipinski definition) is 1. The molecule has 1 N–H and O–H groups in total. The first-order valence-electron chi connectivity index (χ1n) is 6.95. The molecule has 0 saturated heterocycles. The van der Waals surface area contributed by atoms with E-state index in [1.807, 2.05) is 0 Å². The third kappa shape index (κ3) is 4.21. The molecule has 1 aliphatic rings. The van der Waals surface area contributed by atoms with Gasteiger partial charge in [-0.2, -0.15) is 0 Å². The number of carbonyl (C=O) groups excluding carboxylic acids is 2. The number of aliphatic carboxylic acids is 1. The average molecular weight is 285 g/mol. The molecule has 0 heterocycles. The molecule has 6 heteroatoms. The van der Waals surface area contributed by atoms with Gasteiger partial charge in [-0.1, -0.05) is 12.8 Å². The number of nitrogens with zero attached hydrogens (tertiary/aromatic N) is 1. The highest BCUT2D eigenvalue weighted by atomic mass is 16.5. The third-order valence-corrected chi connectivity index (χ3v) is 4.03. The predicted octanol–water partition coefficient (Wildman–Crippen LogP) is 1.43. The second kappa shape index (κ2) is 7.26. The van der Waals surface area contributed by atoms with E-state index in [9.17, 15) is 19.5 Å². The number of methoxy groups -OCH3 is 1. The van der Waals surface area contributed by atoms with Crippen LogP contribution >= 0.6 is 0 Å². The number of rotatable bonds is 7. The van der Waals surface area contributed by atoms with Crippen LogP contribution in [0.1, 0.15) is 44.9 Å². The van der Waals surface area contributed by atoms with Crippen LogP contribution in [0.5, 0.6) is 0 Å². The van der Waals surface area contributed by atoms with Gasteiger partial charge in [0, 0.05) is 26.4 Å². The first-order valence-corrected chi connectivity index (χ1v) is 6.95. The molecule has 1 rings (SSSR count). The smallest absolute Gasteiger partial charge is 0.310 e. The van der Waals surface area contributed by atoms with E-state index < -0.39 is 11.4 Å². The second-order valence-corrected chi connectivity index (χ2v) is 5.46. The van der Waals surface area contributed by atoms with Gasteiger partial charge in [0.05, 0.1) is 12.5 Å². The minimum absolute atomic E-state index is 0.0526. The number of carboxylic acids is 1. The molecule has 0 unspecified atom stereocenters. The van der Waals surface area contributed by atoms with Gasteiger partial charge < -0.3 is 14.7 Å². The summed E-state index contributed by atoms with van der Waals surface area (Å²) in [6, 6.07) is 0. The Bertz CT molecular complexity index is 374. The molecule has 0 spiro atoms. The van der Waals surface area contributed by atoms with E-state index >= 15 is 0 Å². The van der Waals surface area contributed by atoms with Crippen LogP contribution in [0.3, 0.4) is 0 Å². The Kier molecular flexibility index (Phi) is 5.98. The topological polar surface area (TPSA) is 83.9 Å². The van der Waals surface area contributed by atoms with Crippen LogP contribution in [0.15, 0.2) is 0 Å². The Morgan fingerprint density at radius 3 is 2.35 bits per heavy atom. The van der Waals surface area contributed by atoms with Crippen LogP contribution in [-0.2, 0) is 19.1 Å². The van der Waals surface area contributed by atoms with Gasteiger partial charge in [-0.25, -0.2) is 0 Å². The fourth-order valence-corrected chi connectivity index (χ4v) is 2.63. The van der Waals surface area contributed by atoms with Gasteiger partial charge in [0.15, 0.2) is 0 Å². The molecule has 0 aromatic carbocycles. The predicted molar refractivity (Wildman–Crippen MR) is 72.0 cm³/mol. The van der Waals surface area contributed by atoms with Crippen molar-refractivity contribution in [2.75, 3.05) is 20.7 Å². The van der Waals surface area contributed by atoms with E-state index in [4.69, 9.17) is 0 Å². The first-order chi connectivity index (χ1) is 9.41. The first kappa shape index (κ1) is 16.5. The molecular weight excluding hydrogens is 262 g/mol. The van der Waals surface area contributed by atoms with Crippen LogP contribution in [0.25, 0.3) is 0 Å². The zero-order valence-electron chi connectivity index (χ0n) is 12.2. The van der Waals surface area contributed by atoms with Gasteiger partial charge in [0.2, 0.25) is 5.91 Å². The Morgan fingerprint density at radius 2 is 1.85 bits per heavy atom. The van der Waals surface area contributed by atoms with Crippen molar-refractivity contribution in [1.29, 1.82) is 0 Å².